The Bertz CT molecular complexity index is 1230. The fourth-order valence-corrected chi connectivity index (χ4v) is 3.97. The predicted molar refractivity (Wildman–Crippen MR) is 120 cm³/mol. The van der Waals surface area contributed by atoms with Crippen molar-refractivity contribution in [3.05, 3.63) is 106 Å². The fraction of sp³-hybridized carbons (Fsp3) is 0.0800. The smallest absolute Gasteiger partial charge is 0.293 e. The topological polar surface area (TPSA) is 70.4 Å². The van der Waals surface area contributed by atoms with E-state index in [1.165, 1.54) is 12.1 Å². The zero-order chi connectivity index (χ0) is 22.5. The molecule has 0 N–H and O–H groups in total. The van der Waals surface area contributed by atoms with Gasteiger partial charge in [-0.05, 0) is 59.3 Å². The van der Waals surface area contributed by atoms with E-state index in [0.717, 1.165) is 27.8 Å². The summed E-state index contributed by atoms with van der Waals surface area (Å²) < 4.78 is 18.8. The van der Waals surface area contributed by atoms with Gasteiger partial charge in [-0.15, -0.1) is 0 Å². The third kappa shape index (κ3) is 4.88. The minimum Gasteiger partial charge on any atom is -0.489 e. The maximum Gasteiger partial charge on any atom is 0.293 e. The second-order valence-corrected chi connectivity index (χ2v) is 8.01. The molecule has 5 nitrogen and oxygen atoms in total. The van der Waals surface area contributed by atoms with Gasteiger partial charge in [-0.25, -0.2) is 4.39 Å². The fourth-order valence-electron chi connectivity index (χ4n) is 3.14. The van der Waals surface area contributed by atoms with Crippen molar-refractivity contribution >= 4 is 29.0 Å². The van der Waals surface area contributed by atoms with Crippen molar-refractivity contribution in [2.45, 2.75) is 13.2 Å². The highest BCUT2D eigenvalue weighted by atomic mass is 32.2. The Morgan fingerprint density at radius 3 is 2.44 bits per heavy atom. The summed E-state index contributed by atoms with van der Waals surface area (Å²) in [5.74, 6) is -0.124. The van der Waals surface area contributed by atoms with Gasteiger partial charge in [0.1, 0.15) is 18.2 Å². The maximum atomic E-state index is 13.1. The van der Waals surface area contributed by atoms with Crippen LogP contribution in [-0.2, 0) is 17.9 Å². The molecule has 3 aromatic rings. The van der Waals surface area contributed by atoms with Crippen molar-refractivity contribution in [3.8, 4) is 11.8 Å². The minimum absolute atomic E-state index is 0.0965. The average molecular weight is 444 g/mol. The van der Waals surface area contributed by atoms with E-state index < -0.39 is 0 Å². The van der Waals surface area contributed by atoms with E-state index in [0.29, 0.717) is 21.8 Å². The molecule has 1 heterocycles. The average Bonchev–Trinajstić information content (AvgIpc) is 3.07. The van der Waals surface area contributed by atoms with E-state index in [2.05, 4.69) is 6.07 Å². The molecule has 0 aliphatic carbocycles. The van der Waals surface area contributed by atoms with Crippen LogP contribution in [0.5, 0.6) is 5.75 Å². The first-order valence-corrected chi connectivity index (χ1v) is 10.6. The van der Waals surface area contributed by atoms with Crippen LogP contribution in [0.4, 0.5) is 9.18 Å². The van der Waals surface area contributed by atoms with Crippen LogP contribution in [0.3, 0.4) is 0 Å². The number of thioether (sulfide) groups is 1. The lowest BCUT2D eigenvalue weighted by molar-refractivity contribution is -0.123. The molecular formula is C25H17FN2O3S. The van der Waals surface area contributed by atoms with Crippen LogP contribution in [0.15, 0.2) is 77.7 Å². The first-order valence-electron chi connectivity index (χ1n) is 9.74. The minimum atomic E-state index is -0.377. The van der Waals surface area contributed by atoms with Gasteiger partial charge in [0.05, 0.1) is 23.1 Å². The number of benzene rings is 3. The molecule has 3 aromatic carbocycles. The molecule has 1 saturated heterocycles. The Labute approximate surface area is 188 Å². The number of hydrogen-bond acceptors (Lipinski definition) is 5. The summed E-state index contributed by atoms with van der Waals surface area (Å²) in [7, 11) is 0. The molecule has 1 aliphatic rings. The lowest BCUT2D eigenvalue weighted by Crippen LogP contribution is -2.27. The van der Waals surface area contributed by atoms with E-state index in [-0.39, 0.29) is 30.1 Å². The molecule has 4 rings (SSSR count). The van der Waals surface area contributed by atoms with Crippen molar-refractivity contribution in [1.82, 2.24) is 4.90 Å². The summed E-state index contributed by atoms with van der Waals surface area (Å²) in [6.45, 7) is 0.366. The van der Waals surface area contributed by atoms with Crippen molar-refractivity contribution in [3.63, 3.8) is 0 Å². The summed E-state index contributed by atoms with van der Waals surface area (Å²) in [6.07, 6.45) is 1.66. The molecule has 0 bridgehead atoms. The zero-order valence-electron chi connectivity index (χ0n) is 16.8. The SMILES string of the molecule is N#Cc1ccccc1COc1ccc(/C=C2\SC(=O)N(Cc3ccc(F)cc3)C2=O)cc1. The molecule has 1 aliphatic heterocycles. The third-order valence-corrected chi connectivity index (χ3v) is 5.74. The van der Waals surface area contributed by atoms with Gasteiger partial charge in [0.2, 0.25) is 0 Å². The van der Waals surface area contributed by atoms with Crippen LogP contribution in [0, 0.1) is 17.1 Å². The number of nitriles is 1. The number of ether oxygens (including phenoxy) is 1. The molecule has 0 spiro atoms. The van der Waals surface area contributed by atoms with E-state index >= 15 is 0 Å². The third-order valence-electron chi connectivity index (χ3n) is 4.84. The molecule has 0 unspecified atom stereocenters. The zero-order valence-corrected chi connectivity index (χ0v) is 17.6. The molecule has 0 saturated carbocycles. The Hall–Kier alpha value is -3.89. The highest BCUT2D eigenvalue weighted by Gasteiger charge is 2.34. The van der Waals surface area contributed by atoms with Gasteiger partial charge < -0.3 is 4.74 Å². The van der Waals surface area contributed by atoms with Crippen LogP contribution in [0.25, 0.3) is 6.08 Å². The summed E-state index contributed by atoms with van der Waals surface area (Å²) in [5, 5.41) is 8.80. The van der Waals surface area contributed by atoms with Crippen molar-refractivity contribution in [1.29, 1.82) is 5.26 Å². The Morgan fingerprint density at radius 2 is 1.72 bits per heavy atom. The molecule has 0 radical (unpaired) electrons. The highest BCUT2D eigenvalue weighted by molar-refractivity contribution is 8.18. The molecule has 0 atom stereocenters. The summed E-state index contributed by atoms with van der Waals surface area (Å²) in [6, 6.07) is 22.2. The number of imide groups is 1. The second-order valence-electron chi connectivity index (χ2n) is 7.02. The lowest BCUT2D eigenvalue weighted by atomic mass is 10.1. The molecular weight excluding hydrogens is 427 g/mol. The van der Waals surface area contributed by atoms with Crippen molar-refractivity contribution < 1.29 is 18.7 Å². The number of nitrogens with zero attached hydrogens (tertiary/aromatic N) is 2. The molecule has 1 fully saturated rings. The summed E-state index contributed by atoms with van der Waals surface area (Å²) in [4.78, 5) is 26.4. The standard InChI is InChI=1S/C25H17FN2O3S/c26-21-9-5-18(6-10-21)15-28-24(29)23(32-25(28)30)13-17-7-11-22(12-8-17)31-16-20-4-2-1-3-19(20)14-27/h1-13H,15-16H2/b23-13-. The van der Waals surface area contributed by atoms with E-state index in [4.69, 9.17) is 10.00 Å². The number of halogens is 1. The van der Waals surface area contributed by atoms with Gasteiger partial charge >= 0.3 is 0 Å². The Balaban J connectivity index is 1.41. The molecule has 158 valence electrons. The van der Waals surface area contributed by atoms with Crippen LogP contribution < -0.4 is 4.74 Å². The van der Waals surface area contributed by atoms with Crippen LogP contribution >= 0.6 is 11.8 Å². The van der Waals surface area contributed by atoms with Gasteiger partial charge in [-0.2, -0.15) is 5.26 Å². The second kappa shape index (κ2) is 9.50. The highest BCUT2D eigenvalue weighted by Crippen LogP contribution is 2.33. The molecule has 7 heteroatoms. The van der Waals surface area contributed by atoms with Crippen molar-refractivity contribution in [2.75, 3.05) is 0 Å². The Kier molecular flexibility index (Phi) is 6.34. The summed E-state index contributed by atoms with van der Waals surface area (Å²) in [5.41, 5.74) is 2.80. The largest absolute Gasteiger partial charge is 0.489 e. The van der Waals surface area contributed by atoms with Crippen LogP contribution in [-0.4, -0.2) is 16.0 Å². The first-order chi connectivity index (χ1) is 15.5. The van der Waals surface area contributed by atoms with Crippen molar-refractivity contribution in [2.24, 2.45) is 0 Å². The first kappa shape index (κ1) is 21.3. The lowest BCUT2D eigenvalue weighted by Gasteiger charge is -2.12. The van der Waals surface area contributed by atoms with E-state index in [9.17, 15) is 14.0 Å². The van der Waals surface area contributed by atoms with Gasteiger partial charge in [-0.3, -0.25) is 14.5 Å². The van der Waals surface area contributed by atoms with E-state index in [1.807, 2.05) is 12.1 Å². The normalized spacial score (nSPS) is 14.6. The number of rotatable bonds is 6. The quantitative estimate of drug-likeness (QED) is 0.469. The van der Waals surface area contributed by atoms with Gasteiger partial charge in [-0.1, -0.05) is 42.5 Å². The maximum absolute atomic E-state index is 13.1. The van der Waals surface area contributed by atoms with Crippen LogP contribution in [0.2, 0.25) is 0 Å². The Morgan fingerprint density at radius 1 is 1.00 bits per heavy atom. The molecule has 0 aromatic heterocycles. The molecule has 32 heavy (non-hydrogen) atoms. The van der Waals surface area contributed by atoms with Gasteiger partial charge in [0, 0.05) is 5.56 Å². The number of carbonyl (C=O) groups excluding carboxylic acids is 2. The van der Waals surface area contributed by atoms with Gasteiger partial charge in [0.25, 0.3) is 11.1 Å². The number of carbonyl (C=O) groups is 2. The summed E-state index contributed by atoms with van der Waals surface area (Å²) >= 11 is 0.877. The van der Waals surface area contributed by atoms with Gasteiger partial charge in [0.15, 0.2) is 0 Å². The number of amides is 2. The van der Waals surface area contributed by atoms with Crippen LogP contribution in [0.1, 0.15) is 22.3 Å². The number of hydrogen-bond donors (Lipinski definition) is 0. The monoisotopic (exact) mass is 444 g/mol. The molecule has 2 amide bonds. The van der Waals surface area contributed by atoms with E-state index in [1.54, 1.807) is 54.6 Å². The predicted octanol–water partition coefficient (Wildman–Crippen LogP) is 5.51.